The van der Waals surface area contributed by atoms with Crippen LogP contribution in [0.1, 0.15) is 44.1 Å². The van der Waals surface area contributed by atoms with Gasteiger partial charge in [-0.1, -0.05) is 31.0 Å². The van der Waals surface area contributed by atoms with Crippen molar-refractivity contribution in [2.45, 2.75) is 51.1 Å². The van der Waals surface area contributed by atoms with Gasteiger partial charge < -0.3 is 14.8 Å². The molecule has 2 aromatic rings. The molecule has 2 amide bonds. The van der Waals surface area contributed by atoms with E-state index in [1.807, 2.05) is 29.3 Å². The lowest BCUT2D eigenvalue weighted by Gasteiger charge is -2.29. The molecule has 0 radical (unpaired) electrons. The first-order valence-corrected chi connectivity index (χ1v) is 9.37. The number of likely N-dealkylation sites (tertiary alicyclic amines) is 2. The SMILES string of the molecule is O=C([C@@H]1CCC(=O)N1Cc1c[nH]c2ccccc12)N1CCCCCC1. The monoisotopic (exact) mass is 339 g/mol. The van der Waals surface area contributed by atoms with Crippen LogP contribution >= 0.6 is 0 Å². The van der Waals surface area contributed by atoms with Gasteiger partial charge in [0.1, 0.15) is 6.04 Å². The third-order valence-electron chi connectivity index (χ3n) is 5.55. The molecule has 1 aromatic carbocycles. The highest BCUT2D eigenvalue weighted by molar-refractivity contribution is 5.91. The molecule has 5 nitrogen and oxygen atoms in total. The molecule has 25 heavy (non-hydrogen) atoms. The van der Waals surface area contributed by atoms with Gasteiger partial charge in [0, 0.05) is 43.2 Å². The van der Waals surface area contributed by atoms with E-state index in [0.29, 0.717) is 19.4 Å². The fourth-order valence-corrected chi connectivity index (χ4v) is 4.14. The smallest absolute Gasteiger partial charge is 0.245 e. The van der Waals surface area contributed by atoms with E-state index in [0.717, 1.165) is 42.4 Å². The molecule has 2 saturated heterocycles. The molecule has 0 saturated carbocycles. The van der Waals surface area contributed by atoms with Crippen LogP contribution < -0.4 is 0 Å². The Kier molecular flexibility index (Phi) is 4.47. The summed E-state index contributed by atoms with van der Waals surface area (Å²) in [5.74, 6) is 0.242. The summed E-state index contributed by atoms with van der Waals surface area (Å²) >= 11 is 0. The minimum Gasteiger partial charge on any atom is -0.361 e. The number of aromatic nitrogens is 1. The zero-order valence-electron chi connectivity index (χ0n) is 14.5. The van der Waals surface area contributed by atoms with Gasteiger partial charge in [-0.15, -0.1) is 0 Å². The van der Waals surface area contributed by atoms with Crippen LogP contribution in [-0.2, 0) is 16.1 Å². The van der Waals surface area contributed by atoms with Gasteiger partial charge in [0.15, 0.2) is 0 Å². The molecule has 3 heterocycles. The number of rotatable bonds is 3. The average molecular weight is 339 g/mol. The van der Waals surface area contributed by atoms with Crippen molar-refractivity contribution in [3.05, 3.63) is 36.0 Å². The number of hydrogen-bond acceptors (Lipinski definition) is 2. The van der Waals surface area contributed by atoms with Crippen LogP contribution in [0.3, 0.4) is 0 Å². The first kappa shape index (κ1) is 16.2. The summed E-state index contributed by atoms with van der Waals surface area (Å²) in [7, 11) is 0. The van der Waals surface area contributed by atoms with Crippen LogP contribution in [0.15, 0.2) is 30.5 Å². The Bertz CT molecular complexity index is 774. The third kappa shape index (κ3) is 3.15. The van der Waals surface area contributed by atoms with Crippen LogP contribution in [-0.4, -0.2) is 45.7 Å². The van der Waals surface area contributed by atoms with Gasteiger partial charge in [0.2, 0.25) is 11.8 Å². The number of H-pyrrole nitrogens is 1. The van der Waals surface area contributed by atoms with E-state index >= 15 is 0 Å². The average Bonchev–Trinajstić information content (AvgIpc) is 3.08. The Morgan fingerprint density at radius 2 is 1.88 bits per heavy atom. The number of fused-ring (bicyclic) bond motifs is 1. The Morgan fingerprint density at radius 3 is 2.68 bits per heavy atom. The van der Waals surface area contributed by atoms with Crippen LogP contribution in [0, 0.1) is 0 Å². The molecule has 2 aliphatic heterocycles. The van der Waals surface area contributed by atoms with Crippen molar-refractivity contribution in [1.29, 1.82) is 0 Å². The van der Waals surface area contributed by atoms with Crippen LogP contribution in [0.5, 0.6) is 0 Å². The van der Waals surface area contributed by atoms with Gasteiger partial charge in [0.05, 0.1) is 0 Å². The summed E-state index contributed by atoms with van der Waals surface area (Å²) in [6.07, 6.45) is 7.65. The first-order valence-electron chi connectivity index (χ1n) is 9.37. The van der Waals surface area contributed by atoms with Gasteiger partial charge >= 0.3 is 0 Å². The lowest BCUT2D eigenvalue weighted by atomic mass is 10.1. The molecule has 2 aliphatic rings. The Hall–Kier alpha value is -2.30. The number of amides is 2. The zero-order chi connectivity index (χ0) is 17.2. The Morgan fingerprint density at radius 1 is 1.12 bits per heavy atom. The molecular formula is C20H25N3O2. The number of aromatic amines is 1. The second-order valence-corrected chi connectivity index (χ2v) is 7.18. The molecule has 0 unspecified atom stereocenters. The number of hydrogen-bond donors (Lipinski definition) is 1. The minimum absolute atomic E-state index is 0.0958. The van der Waals surface area contributed by atoms with E-state index in [2.05, 4.69) is 11.1 Å². The van der Waals surface area contributed by atoms with Gasteiger partial charge in [-0.25, -0.2) is 0 Å². The van der Waals surface area contributed by atoms with Crippen LogP contribution in [0.25, 0.3) is 10.9 Å². The lowest BCUT2D eigenvalue weighted by molar-refractivity contribution is -0.141. The molecule has 4 rings (SSSR count). The predicted octanol–water partition coefficient (Wildman–Crippen LogP) is 3.06. The number of nitrogens with one attached hydrogen (secondary N) is 1. The largest absolute Gasteiger partial charge is 0.361 e. The van der Waals surface area contributed by atoms with E-state index in [1.165, 1.54) is 12.8 Å². The van der Waals surface area contributed by atoms with Gasteiger partial charge in [-0.05, 0) is 30.9 Å². The van der Waals surface area contributed by atoms with Gasteiger partial charge in [-0.3, -0.25) is 9.59 Å². The molecule has 5 heteroatoms. The van der Waals surface area contributed by atoms with Gasteiger partial charge in [0.25, 0.3) is 0 Å². The number of nitrogens with zero attached hydrogens (tertiary/aromatic N) is 2. The predicted molar refractivity (Wildman–Crippen MR) is 96.9 cm³/mol. The fraction of sp³-hybridized carbons (Fsp3) is 0.500. The fourth-order valence-electron chi connectivity index (χ4n) is 4.14. The molecule has 0 bridgehead atoms. The second kappa shape index (κ2) is 6.90. The van der Waals surface area contributed by atoms with E-state index in [4.69, 9.17) is 0 Å². The summed E-state index contributed by atoms with van der Waals surface area (Å²) in [6.45, 7) is 2.18. The molecule has 2 fully saturated rings. The minimum atomic E-state index is -0.292. The molecule has 1 aromatic heterocycles. The normalized spacial score (nSPS) is 21.8. The highest BCUT2D eigenvalue weighted by Gasteiger charge is 2.38. The van der Waals surface area contributed by atoms with E-state index in [1.54, 1.807) is 4.90 Å². The van der Waals surface area contributed by atoms with Crippen LogP contribution in [0.4, 0.5) is 0 Å². The third-order valence-corrected chi connectivity index (χ3v) is 5.55. The molecule has 1 N–H and O–H groups in total. The van der Waals surface area contributed by atoms with Gasteiger partial charge in [-0.2, -0.15) is 0 Å². The Labute approximate surface area is 148 Å². The standard InChI is InChI=1S/C20H25N3O2/c24-19-10-9-18(20(25)22-11-5-1-2-6-12-22)23(19)14-15-13-21-17-8-4-3-7-16(15)17/h3-4,7-8,13,18,21H,1-2,5-6,9-12,14H2/t18-/m0/s1. The van der Waals surface area contributed by atoms with Crippen molar-refractivity contribution in [3.63, 3.8) is 0 Å². The van der Waals surface area contributed by atoms with Crippen molar-refractivity contribution >= 4 is 22.7 Å². The topological polar surface area (TPSA) is 56.4 Å². The maximum atomic E-state index is 13.0. The number of carbonyl (C=O) groups is 2. The quantitative estimate of drug-likeness (QED) is 0.934. The lowest BCUT2D eigenvalue weighted by Crippen LogP contribution is -2.46. The molecule has 132 valence electrons. The summed E-state index contributed by atoms with van der Waals surface area (Å²) < 4.78 is 0. The van der Waals surface area contributed by atoms with Crippen molar-refractivity contribution in [2.24, 2.45) is 0 Å². The van der Waals surface area contributed by atoms with Crippen molar-refractivity contribution in [1.82, 2.24) is 14.8 Å². The molecule has 0 spiro atoms. The van der Waals surface area contributed by atoms with Crippen molar-refractivity contribution in [3.8, 4) is 0 Å². The Balaban J connectivity index is 1.54. The maximum Gasteiger partial charge on any atom is 0.245 e. The zero-order valence-corrected chi connectivity index (χ0v) is 14.5. The number of carbonyl (C=O) groups excluding carboxylic acids is 2. The highest BCUT2D eigenvalue weighted by Crippen LogP contribution is 2.27. The summed E-state index contributed by atoms with van der Waals surface area (Å²) in [4.78, 5) is 32.5. The van der Waals surface area contributed by atoms with Crippen molar-refractivity contribution in [2.75, 3.05) is 13.1 Å². The van der Waals surface area contributed by atoms with Crippen molar-refractivity contribution < 1.29 is 9.59 Å². The number of para-hydroxylation sites is 1. The maximum absolute atomic E-state index is 13.0. The number of benzene rings is 1. The van der Waals surface area contributed by atoms with Crippen LogP contribution in [0.2, 0.25) is 0 Å². The van der Waals surface area contributed by atoms with E-state index in [-0.39, 0.29) is 17.9 Å². The second-order valence-electron chi connectivity index (χ2n) is 7.18. The van der Waals surface area contributed by atoms with E-state index in [9.17, 15) is 9.59 Å². The first-order chi connectivity index (χ1) is 12.2. The van der Waals surface area contributed by atoms with E-state index < -0.39 is 0 Å². The summed E-state index contributed by atoms with van der Waals surface area (Å²) in [5.41, 5.74) is 2.15. The summed E-state index contributed by atoms with van der Waals surface area (Å²) in [6, 6.07) is 7.80. The molecule has 0 aliphatic carbocycles. The molecule has 1 atom stereocenters. The highest BCUT2D eigenvalue weighted by atomic mass is 16.2. The summed E-state index contributed by atoms with van der Waals surface area (Å²) in [5, 5.41) is 1.13. The molecular weight excluding hydrogens is 314 g/mol.